The van der Waals surface area contributed by atoms with Gasteiger partial charge in [-0.05, 0) is 44.5 Å². The maximum Gasteiger partial charge on any atom is 0.272 e. The number of piperidine rings is 1. The molecule has 3 rings (SSSR count). The minimum absolute atomic E-state index is 0.0452. The quantitative estimate of drug-likeness (QED) is 0.920. The summed E-state index contributed by atoms with van der Waals surface area (Å²) in [6.45, 7) is 3.63. The van der Waals surface area contributed by atoms with E-state index >= 15 is 0 Å². The van der Waals surface area contributed by atoms with Crippen molar-refractivity contribution in [1.82, 2.24) is 15.2 Å². The van der Waals surface area contributed by atoms with Crippen molar-refractivity contribution < 1.29 is 4.79 Å². The summed E-state index contributed by atoms with van der Waals surface area (Å²) in [6.07, 6.45) is 2.17. The Morgan fingerprint density at radius 3 is 3.00 bits per heavy atom. The molecule has 4 nitrogen and oxygen atoms in total. The number of carbonyl (C=O) groups is 1. The predicted octanol–water partition coefficient (Wildman–Crippen LogP) is 2.37. The number of nitrogens with one attached hydrogen (secondary N) is 1. The molecule has 1 saturated heterocycles. The van der Waals surface area contributed by atoms with Crippen molar-refractivity contribution in [2.24, 2.45) is 0 Å². The fraction of sp³-hybridized carbons (Fsp3) is 0.412. The van der Waals surface area contributed by atoms with E-state index in [1.54, 1.807) is 0 Å². The van der Waals surface area contributed by atoms with Crippen LogP contribution in [0, 0.1) is 6.92 Å². The molecule has 1 fully saturated rings. The third-order valence-corrected chi connectivity index (χ3v) is 4.26. The van der Waals surface area contributed by atoms with Crippen LogP contribution in [0.1, 0.15) is 28.9 Å². The third kappa shape index (κ3) is 2.76. The van der Waals surface area contributed by atoms with E-state index in [0.29, 0.717) is 11.7 Å². The first kappa shape index (κ1) is 14.0. The average molecular weight is 283 g/mol. The zero-order chi connectivity index (χ0) is 14.8. The summed E-state index contributed by atoms with van der Waals surface area (Å²) in [6, 6.07) is 10.3. The maximum atomic E-state index is 12.7. The summed E-state index contributed by atoms with van der Waals surface area (Å²) in [5.74, 6) is 0.0452. The van der Waals surface area contributed by atoms with Crippen molar-refractivity contribution in [3.05, 3.63) is 41.6 Å². The van der Waals surface area contributed by atoms with Gasteiger partial charge in [0, 0.05) is 24.5 Å². The molecular weight excluding hydrogens is 262 g/mol. The third-order valence-electron chi connectivity index (χ3n) is 4.26. The molecule has 0 spiro atoms. The molecule has 0 bridgehead atoms. The zero-order valence-corrected chi connectivity index (χ0v) is 12.6. The van der Waals surface area contributed by atoms with Gasteiger partial charge in [0.15, 0.2) is 0 Å². The Kier molecular flexibility index (Phi) is 3.88. The Morgan fingerprint density at radius 1 is 1.38 bits per heavy atom. The first-order chi connectivity index (χ1) is 10.2. The van der Waals surface area contributed by atoms with Gasteiger partial charge in [-0.2, -0.15) is 0 Å². The van der Waals surface area contributed by atoms with Crippen molar-refractivity contribution in [3.63, 3.8) is 0 Å². The van der Waals surface area contributed by atoms with Crippen molar-refractivity contribution in [2.75, 3.05) is 20.1 Å². The SMILES string of the molecule is CNC1CCCN(C(=O)c2cc(C)c3ccccc3n2)C1. The molecule has 1 aromatic carbocycles. The number of fused-ring (bicyclic) bond motifs is 1. The van der Waals surface area contributed by atoms with E-state index in [1.165, 1.54) is 0 Å². The minimum atomic E-state index is 0.0452. The molecule has 1 N–H and O–H groups in total. The number of benzene rings is 1. The Morgan fingerprint density at radius 2 is 2.19 bits per heavy atom. The molecule has 1 amide bonds. The van der Waals surface area contributed by atoms with Crippen LogP contribution in [0.5, 0.6) is 0 Å². The number of amides is 1. The standard InChI is InChI=1S/C17H21N3O/c1-12-10-16(19-15-8-4-3-7-14(12)15)17(21)20-9-5-6-13(11-20)18-2/h3-4,7-8,10,13,18H,5-6,9,11H2,1-2H3. The van der Waals surface area contributed by atoms with Gasteiger partial charge in [-0.3, -0.25) is 4.79 Å². The molecule has 1 aliphatic heterocycles. The number of hydrogen-bond donors (Lipinski definition) is 1. The van der Waals surface area contributed by atoms with Gasteiger partial charge in [-0.1, -0.05) is 18.2 Å². The molecule has 21 heavy (non-hydrogen) atoms. The summed E-state index contributed by atoms with van der Waals surface area (Å²) in [5.41, 5.74) is 2.55. The van der Waals surface area contributed by atoms with Crippen LogP contribution < -0.4 is 5.32 Å². The van der Waals surface area contributed by atoms with Gasteiger partial charge in [0.1, 0.15) is 5.69 Å². The molecule has 1 atom stereocenters. The van der Waals surface area contributed by atoms with E-state index in [0.717, 1.165) is 42.4 Å². The predicted molar refractivity (Wildman–Crippen MR) is 84.5 cm³/mol. The highest BCUT2D eigenvalue weighted by Gasteiger charge is 2.24. The Bertz CT molecular complexity index is 668. The summed E-state index contributed by atoms with van der Waals surface area (Å²) < 4.78 is 0. The lowest BCUT2D eigenvalue weighted by Gasteiger charge is -2.32. The van der Waals surface area contributed by atoms with Crippen LogP contribution in [0.2, 0.25) is 0 Å². The van der Waals surface area contributed by atoms with E-state index in [-0.39, 0.29) is 5.91 Å². The largest absolute Gasteiger partial charge is 0.336 e. The Balaban J connectivity index is 1.91. The number of aryl methyl sites for hydroxylation is 1. The normalized spacial score (nSPS) is 19.0. The van der Waals surface area contributed by atoms with Crippen LogP contribution in [0.25, 0.3) is 10.9 Å². The molecule has 1 aliphatic rings. The fourth-order valence-corrected chi connectivity index (χ4v) is 3.02. The second-order valence-electron chi connectivity index (χ2n) is 5.72. The Hall–Kier alpha value is -1.94. The lowest BCUT2D eigenvalue weighted by Crippen LogP contribution is -2.47. The smallest absolute Gasteiger partial charge is 0.272 e. The summed E-state index contributed by atoms with van der Waals surface area (Å²) in [7, 11) is 1.96. The highest BCUT2D eigenvalue weighted by Crippen LogP contribution is 2.19. The minimum Gasteiger partial charge on any atom is -0.336 e. The fourth-order valence-electron chi connectivity index (χ4n) is 3.02. The summed E-state index contributed by atoms with van der Waals surface area (Å²) >= 11 is 0. The molecule has 2 aromatic rings. The van der Waals surface area contributed by atoms with Gasteiger partial charge in [0.05, 0.1) is 5.52 Å². The number of likely N-dealkylation sites (N-methyl/N-ethyl adjacent to an activating group) is 1. The first-order valence-corrected chi connectivity index (χ1v) is 7.52. The van der Waals surface area contributed by atoms with Crippen molar-refractivity contribution >= 4 is 16.8 Å². The number of aromatic nitrogens is 1. The molecule has 0 aliphatic carbocycles. The number of carbonyl (C=O) groups excluding carboxylic acids is 1. The lowest BCUT2D eigenvalue weighted by atomic mass is 10.0. The van der Waals surface area contributed by atoms with E-state index in [4.69, 9.17) is 0 Å². The highest BCUT2D eigenvalue weighted by atomic mass is 16.2. The zero-order valence-electron chi connectivity index (χ0n) is 12.6. The second kappa shape index (κ2) is 5.82. The topological polar surface area (TPSA) is 45.2 Å². The van der Waals surface area contributed by atoms with Crippen molar-refractivity contribution in [1.29, 1.82) is 0 Å². The maximum absolute atomic E-state index is 12.7. The monoisotopic (exact) mass is 283 g/mol. The number of likely N-dealkylation sites (tertiary alicyclic amines) is 1. The number of hydrogen-bond acceptors (Lipinski definition) is 3. The molecule has 1 aromatic heterocycles. The van der Waals surface area contributed by atoms with Crippen LogP contribution in [-0.4, -0.2) is 42.0 Å². The Labute approximate surface area is 125 Å². The van der Waals surface area contributed by atoms with Crippen LogP contribution in [-0.2, 0) is 0 Å². The van der Waals surface area contributed by atoms with Crippen LogP contribution in [0.3, 0.4) is 0 Å². The van der Waals surface area contributed by atoms with Gasteiger partial charge < -0.3 is 10.2 Å². The molecule has 2 heterocycles. The number of rotatable bonds is 2. The van der Waals surface area contributed by atoms with Crippen LogP contribution >= 0.6 is 0 Å². The van der Waals surface area contributed by atoms with Gasteiger partial charge in [-0.15, -0.1) is 0 Å². The van der Waals surface area contributed by atoms with Crippen molar-refractivity contribution in [3.8, 4) is 0 Å². The molecule has 4 heteroatoms. The van der Waals surface area contributed by atoms with Crippen LogP contribution in [0.4, 0.5) is 0 Å². The van der Waals surface area contributed by atoms with E-state index < -0.39 is 0 Å². The highest BCUT2D eigenvalue weighted by molar-refractivity contribution is 5.96. The number of pyridine rings is 1. The molecule has 0 saturated carbocycles. The lowest BCUT2D eigenvalue weighted by molar-refractivity contribution is 0.0692. The van der Waals surface area contributed by atoms with E-state index in [9.17, 15) is 4.79 Å². The van der Waals surface area contributed by atoms with Crippen molar-refractivity contribution in [2.45, 2.75) is 25.8 Å². The number of para-hydroxylation sites is 1. The van der Waals surface area contributed by atoms with Crippen LogP contribution in [0.15, 0.2) is 30.3 Å². The van der Waals surface area contributed by atoms with Gasteiger partial charge in [-0.25, -0.2) is 4.98 Å². The van der Waals surface area contributed by atoms with Gasteiger partial charge in [0.25, 0.3) is 5.91 Å². The van der Waals surface area contributed by atoms with Gasteiger partial charge >= 0.3 is 0 Å². The van der Waals surface area contributed by atoms with Gasteiger partial charge in [0.2, 0.25) is 0 Å². The molecule has 0 radical (unpaired) electrons. The van der Waals surface area contributed by atoms with E-state index in [2.05, 4.69) is 10.3 Å². The molecule has 110 valence electrons. The summed E-state index contributed by atoms with van der Waals surface area (Å²) in [4.78, 5) is 19.2. The first-order valence-electron chi connectivity index (χ1n) is 7.52. The molecular formula is C17H21N3O. The van der Waals surface area contributed by atoms with E-state index in [1.807, 2.05) is 49.2 Å². The molecule has 1 unspecified atom stereocenters. The average Bonchev–Trinajstić information content (AvgIpc) is 2.54. The number of nitrogens with zero attached hydrogens (tertiary/aromatic N) is 2. The summed E-state index contributed by atoms with van der Waals surface area (Å²) in [5, 5.41) is 4.38. The second-order valence-corrected chi connectivity index (χ2v) is 5.72.